The van der Waals surface area contributed by atoms with E-state index in [1.54, 1.807) is 24.4 Å². The summed E-state index contributed by atoms with van der Waals surface area (Å²) in [5, 5.41) is 1.38. The molecule has 0 atom stereocenters. The van der Waals surface area contributed by atoms with Gasteiger partial charge in [-0.15, -0.1) is 0 Å². The quantitative estimate of drug-likeness (QED) is 0.713. The van der Waals surface area contributed by atoms with Crippen LogP contribution in [0.5, 0.6) is 0 Å². The highest BCUT2D eigenvalue weighted by atomic mass is 16.1. The highest BCUT2D eigenvalue weighted by Gasteiger charge is 2.06. The summed E-state index contributed by atoms with van der Waals surface area (Å²) in [5.41, 5.74) is 6.28. The third-order valence-corrected chi connectivity index (χ3v) is 2.40. The van der Waals surface area contributed by atoms with Crippen LogP contribution in [0.3, 0.4) is 0 Å². The molecule has 76 valence electrons. The van der Waals surface area contributed by atoms with Crippen LogP contribution in [-0.4, -0.2) is 4.57 Å². The molecule has 0 aliphatic heterocycles. The van der Waals surface area contributed by atoms with E-state index in [1.807, 2.05) is 6.07 Å². The van der Waals surface area contributed by atoms with Crippen molar-refractivity contribution in [1.29, 1.82) is 0 Å². The van der Waals surface area contributed by atoms with Gasteiger partial charge in [0.15, 0.2) is 0 Å². The van der Waals surface area contributed by atoms with Gasteiger partial charge in [0.1, 0.15) is 0 Å². The minimum absolute atomic E-state index is 0.102. The monoisotopic (exact) mass is 200 g/mol. The molecular formula is C12H12N2O. The van der Waals surface area contributed by atoms with Crippen LogP contribution in [0.2, 0.25) is 0 Å². The van der Waals surface area contributed by atoms with Crippen LogP contribution < -0.4 is 11.3 Å². The van der Waals surface area contributed by atoms with Gasteiger partial charge in [-0.05, 0) is 32.0 Å². The number of nitrogens with two attached hydrogens (primary N) is 1. The SMILES string of the molecule is [CH2]C([CH2])n1ccc2c(N)cccc2c1=O. The molecule has 0 saturated heterocycles. The highest BCUT2D eigenvalue weighted by molar-refractivity contribution is 5.91. The second-order valence-electron chi connectivity index (χ2n) is 3.49. The predicted octanol–water partition coefficient (Wildman–Crippen LogP) is 1.79. The number of nitrogens with zero attached hydrogens (tertiary/aromatic N) is 1. The molecule has 1 aromatic carbocycles. The minimum Gasteiger partial charge on any atom is -0.398 e. The first-order chi connectivity index (χ1) is 7.11. The Morgan fingerprint density at radius 3 is 2.60 bits per heavy atom. The van der Waals surface area contributed by atoms with Gasteiger partial charge in [0.2, 0.25) is 0 Å². The molecule has 0 spiro atoms. The fraction of sp³-hybridized carbons (Fsp3) is 0.0833. The van der Waals surface area contributed by atoms with Crippen LogP contribution in [0.15, 0.2) is 35.3 Å². The topological polar surface area (TPSA) is 48.0 Å². The molecule has 0 aliphatic carbocycles. The maximum Gasteiger partial charge on any atom is 0.258 e. The number of pyridine rings is 1. The van der Waals surface area contributed by atoms with Gasteiger partial charge in [0, 0.05) is 28.7 Å². The number of aromatic nitrogens is 1. The Hall–Kier alpha value is -1.77. The molecule has 0 unspecified atom stereocenters. The van der Waals surface area contributed by atoms with E-state index in [4.69, 9.17) is 5.73 Å². The molecule has 0 fully saturated rings. The molecule has 15 heavy (non-hydrogen) atoms. The molecule has 0 bridgehead atoms. The lowest BCUT2D eigenvalue weighted by Gasteiger charge is -2.10. The molecule has 0 amide bonds. The number of rotatable bonds is 1. The number of nitrogen functional groups attached to an aromatic ring is 1. The van der Waals surface area contributed by atoms with Gasteiger partial charge in [-0.3, -0.25) is 4.79 Å². The second-order valence-corrected chi connectivity index (χ2v) is 3.49. The standard InChI is InChI=1S/C12H12N2O/c1-8(2)14-7-6-9-10(12(14)15)4-3-5-11(9)13/h3-8H,1-2,13H2. The fourth-order valence-electron chi connectivity index (χ4n) is 1.60. The van der Waals surface area contributed by atoms with Crippen molar-refractivity contribution < 1.29 is 0 Å². The smallest absolute Gasteiger partial charge is 0.258 e. The van der Waals surface area contributed by atoms with Crippen LogP contribution >= 0.6 is 0 Å². The summed E-state index contributed by atoms with van der Waals surface area (Å²) in [4.78, 5) is 11.9. The molecule has 1 heterocycles. The van der Waals surface area contributed by atoms with Crippen LogP contribution in [0.4, 0.5) is 5.69 Å². The van der Waals surface area contributed by atoms with Crippen LogP contribution in [0, 0.1) is 13.8 Å². The maximum absolute atomic E-state index is 11.9. The summed E-state index contributed by atoms with van der Waals surface area (Å²) >= 11 is 0. The van der Waals surface area contributed by atoms with Gasteiger partial charge in [0.05, 0.1) is 0 Å². The Labute approximate surface area is 88.1 Å². The van der Waals surface area contributed by atoms with Crippen molar-refractivity contribution in [2.24, 2.45) is 0 Å². The Bertz CT molecular complexity index is 555. The molecule has 1 aromatic heterocycles. The van der Waals surface area contributed by atoms with Gasteiger partial charge in [-0.2, -0.15) is 0 Å². The summed E-state index contributed by atoms with van der Waals surface area (Å²) in [6, 6.07) is 6.79. The van der Waals surface area contributed by atoms with Crippen molar-refractivity contribution in [3.05, 3.63) is 54.7 Å². The molecule has 2 radical (unpaired) electrons. The number of anilines is 1. The maximum atomic E-state index is 11.9. The number of fused-ring (bicyclic) bond motifs is 1. The van der Waals surface area contributed by atoms with Crippen LogP contribution in [0.25, 0.3) is 10.8 Å². The van der Waals surface area contributed by atoms with Crippen LogP contribution in [-0.2, 0) is 0 Å². The van der Waals surface area contributed by atoms with Gasteiger partial charge >= 0.3 is 0 Å². The van der Waals surface area contributed by atoms with E-state index in [2.05, 4.69) is 13.8 Å². The zero-order chi connectivity index (χ0) is 11.0. The number of hydrogen-bond donors (Lipinski definition) is 1. The first-order valence-electron chi connectivity index (χ1n) is 4.67. The summed E-state index contributed by atoms with van der Waals surface area (Å²) in [7, 11) is 0. The van der Waals surface area contributed by atoms with Crippen molar-refractivity contribution in [3.8, 4) is 0 Å². The molecule has 0 saturated carbocycles. The minimum atomic E-state index is -0.330. The third kappa shape index (κ3) is 1.50. The normalized spacial score (nSPS) is 11.1. The Morgan fingerprint density at radius 1 is 1.20 bits per heavy atom. The summed E-state index contributed by atoms with van der Waals surface area (Å²) in [5.74, 6) is 0. The average Bonchev–Trinajstić information content (AvgIpc) is 2.19. The second kappa shape index (κ2) is 3.42. The Kier molecular flexibility index (Phi) is 2.23. The van der Waals surface area contributed by atoms with E-state index >= 15 is 0 Å². The van der Waals surface area contributed by atoms with Gasteiger partial charge in [0.25, 0.3) is 5.56 Å². The van der Waals surface area contributed by atoms with E-state index in [-0.39, 0.29) is 11.6 Å². The lowest BCUT2D eigenvalue weighted by molar-refractivity contribution is 0.690. The molecular weight excluding hydrogens is 188 g/mol. The average molecular weight is 200 g/mol. The largest absolute Gasteiger partial charge is 0.398 e. The summed E-state index contributed by atoms with van der Waals surface area (Å²) in [6.45, 7) is 7.44. The van der Waals surface area contributed by atoms with E-state index in [1.165, 1.54) is 4.57 Å². The zero-order valence-corrected chi connectivity index (χ0v) is 8.31. The van der Waals surface area contributed by atoms with E-state index < -0.39 is 0 Å². The van der Waals surface area contributed by atoms with Gasteiger partial charge < -0.3 is 10.3 Å². The van der Waals surface area contributed by atoms with Gasteiger partial charge in [-0.1, -0.05) is 6.07 Å². The first kappa shape index (κ1) is 9.77. The van der Waals surface area contributed by atoms with E-state index in [9.17, 15) is 4.79 Å². The zero-order valence-electron chi connectivity index (χ0n) is 8.31. The Morgan fingerprint density at radius 2 is 1.93 bits per heavy atom. The van der Waals surface area contributed by atoms with Crippen molar-refractivity contribution >= 4 is 16.5 Å². The number of hydrogen-bond acceptors (Lipinski definition) is 2. The molecule has 3 heteroatoms. The van der Waals surface area contributed by atoms with Crippen molar-refractivity contribution in [1.82, 2.24) is 4.57 Å². The summed E-state index contributed by atoms with van der Waals surface area (Å²) in [6.07, 6.45) is 1.67. The third-order valence-electron chi connectivity index (χ3n) is 2.40. The Balaban J connectivity index is 2.86. The fourth-order valence-corrected chi connectivity index (χ4v) is 1.60. The highest BCUT2D eigenvalue weighted by Crippen LogP contribution is 2.17. The lowest BCUT2D eigenvalue weighted by atomic mass is 10.1. The van der Waals surface area contributed by atoms with Crippen LogP contribution in [0.1, 0.15) is 6.04 Å². The molecule has 2 N–H and O–H groups in total. The van der Waals surface area contributed by atoms with Gasteiger partial charge in [-0.25, -0.2) is 0 Å². The molecule has 2 aromatic rings. The molecule has 2 rings (SSSR count). The first-order valence-corrected chi connectivity index (χ1v) is 4.67. The number of benzene rings is 1. The van der Waals surface area contributed by atoms with Crippen molar-refractivity contribution in [2.75, 3.05) is 5.73 Å². The molecule has 3 nitrogen and oxygen atoms in total. The molecule has 0 aliphatic rings. The predicted molar refractivity (Wildman–Crippen MR) is 62.4 cm³/mol. The van der Waals surface area contributed by atoms with E-state index in [0.717, 1.165) is 5.39 Å². The summed E-state index contributed by atoms with van der Waals surface area (Å²) < 4.78 is 1.49. The van der Waals surface area contributed by atoms with Crippen molar-refractivity contribution in [3.63, 3.8) is 0 Å². The van der Waals surface area contributed by atoms with E-state index in [0.29, 0.717) is 11.1 Å². The van der Waals surface area contributed by atoms with Crippen molar-refractivity contribution in [2.45, 2.75) is 6.04 Å². The lowest BCUT2D eigenvalue weighted by Crippen LogP contribution is -2.21.